The van der Waals surface area contributed by atoms with Crippen LogP contribution in [0.3, 0.4) is 0 Å². The van der Waals surface area contributed by atoms with Gasteiger partial charge in [0.2, 0.25) is 0 Å². The Balaban J connectivity index is 0.00000210. The number of benzene rings is 6. The van der Waals surface area contributed by atoms with Gasteiger partial charge in [-0.05, 0) is 89.0 Å². The van der Waals surface area contributed by atoms with Gasteiger partial charge in [-0.1, -0.05) is 190 Å². The molecule has 0 aliphatic carbocycles. The van der Waals surface area contributed by atoms with E-state index in [1.165, 1.54) is 87.9 Å². The molecule has 0 N–H and O–H groups in total. The van der Waals surface area contributed by atoms with Crippen LogP contribution < -0.4 is 58.0 Å². The Kier molecular flexibility index (Phi) is 16.9. The molecule has 0 saturated carbocycles. The molecule has 5 heteroatoms. The molecular formula is C51H51Cl3SiTi. The van der Waals surface area contributed by atoms with Crippen LogP contribution in [-0.4, -0.2) is 8.07 Å². The third-order valence-electron chi connectivity index (χ3n) is 11.4. The van der Waals surface area contributed by atoms with E-state index in [1.54, 1.807) is 5.19 Å². The predicted molar refractivity (Wildman–Crippen MR) is 227 cm³/mol. The van der Waals surface area contributed by atoms with E-state index in [1.807, 2.05) is 0 Å². The molecule has 0 aromatic heterocycles. The second kappa shape index (κ2) is 20.2. The van der Waals surface area contributed by atoms with E-state index in [-0.39, 0.29) is 58.9 Å². The van der Waals surface area contributed by atoms with Gasteiger partial charge in [-0.25, -0.2) is 0 Å². The first-order chi connectivity index (χ1) is 25.1. The SMILES string of the molecule is Cc1cccc(Cc2cccc([Si](c3cccc(Cc4cccc(C)c4)c3)(c3cccc(Cc4cccc(C)c4)c3)c3c(C)c(C)c(C)[c-]3C)c2)c1.[Cl-].[Cl-].[Cl-].[Ti+4]. The molecule has 0 radical (unpaired) electrons. The fourth-order valence-corrected chi connectivity index (χ4v) is 14.2. The zero-order valence-electron chi connectivity index (χ0n) is 33.6. The third kappa shape index (κ3) is 9.76. The third-order valence-corrected chi connectivity index (χ3v) is 16.4. The van der Waals surface area contributed by atoms with Gasteiger partial charge in [0.25, 0.3) is 0 Å². The molecule has 0 atom stereocenters. The Labute approximate surface area is 370 Å². The van der Waals surface area contributed by atoms with E-state index >= 15 is 0 Å². The summed E-state index contributed by atoms with van der Waals surface area (Å²) in [5.74, 6) is 0. The molecule has 0 nitrogen and oxygen atoms in total. The van der Waals surface area contributed by atoms with Crippen molar-refractivity contribution in [3.05, 3.63) is 218 Å². The smallest absolute Gasteiger partial charge is 1.00 e. The van der Waals surface area contributed by atoms with Crippen LogP contribution in [0.25, 0.3) is 0 Å². The van der Waals surface area contributed by atoms with Crippen LogP contribution in [0, 0.1) is 48.5 Å². The summed E-state index contributed by atoms with van der Waals surface area (Å²) in [4.78, 5) is 0. The van der Waals surface area contributed by atoms with E-state index < -0.39 is 8.07 Å². The average molecular weight is 846 g/mol. The quantitative estimate of drug-likeness (QED) is 0.108. The summed E-state index contributed by atoms with van der Waals surface area (Å²) in [7, 11) is -2.88. The Hall–Kier alpha value is -3.53. The van der Waals surface area contributed by atoms with Gasteiger partial charge in [-0.3, -0.25) is 0 Å². The number of aryl methyl sites for hydroxylation is 3. The van der Waals surface area contributed by atoms with E-state index in [0.29, 0.717) is 0 Å². The van der Waals surface area contributed by atoms with E-state index in [9.17, 15) is 0 Å². The molecule has 0 amide bonds. The van der Waals surface area contributed by atoms with E-state index in [0.717, 1.165) is 19.3 Å². The van der Waals surface area contributed by atoms with Crippen LogP contribution in [-0.2, 0) is 41.0 Å². The Morgan fingerprint density at radius 2 is 0.679 bits per heavy atom. The predicted octanol–water partition coefficient (Wildman–Crippen LogP) is 0.724. The topological polar surface area (TPSA) is 0 Å². The molecular weight excluding hydrogens is 795 g/mol. The molecule has 284 valence electrons. The number of rotatable bonds is 10. The molecule has 0 aliphatic heterocycles. The van der Waals surface area contributed by atoms with Crippen molar-refractivity contribution in [1.82, 2.24) is 0 Å². The molecule has 7 aromatic rings. The molecule has 0 aliphatic rings. The summed E-state index contributed by atoms with van der Waals surface area (Å²) >= 11 is 0. The van der Waals surface area contributed by atoms with Crippen LogP contribution >= 0.6 is 0 Å². The first-order valence-electron chi connectivity index (χ1n) is 18.8. The summed E-state index contributed by atoms with van der Waals surface area (Å²) in [6.07, 6.45) is 2.74. The van der Waals surface area contributed by atoms with Gasteiger partial charge in [0.15, 0.2) is 8.07 Å². The van der Waals surface area contributed by atoms with Gasteiger partial charge in [0.05, 0.1) is 0 Å². The van der Waals surface area contributed by atoms with Crippen molar-refractivity contribution in [2.75, 3.05) is 0 Å². The van der Waals surface area contributed by atoms with E-state index in [4.69, 9.17) is 0 Å². The minimum atomic E-state index is -2.88. The van der Waals surface area contributed by atoms with Crippen molar-refractivity contribution < 1.29 is 58.9 Å². The van der Waals surface area contributed by atoms with Crippen molar-refractivity contribution >= 4 is 28.8 Å². The molecule has 0 bridgehead atoms. The molecule has 7 rings (SSSR count). The van der Waals surface area contributed by atoms with Crippen LogP contribution in [0.15, 0.2) is 146 Å². The van der Waals surface area contributed by atoms with Gasteiger partial charge >= 0.3 is 21.7 Å². The zero-order chi connectivity index (χ0) is 36.4. The Morgan fingerprint density at radius 1 is 0.393 bits per heavy atom. The average Bonchev–Trinajstić information content (AvgIpc) is 3.31. The Bertz CT molecular complexity index is 2150. The molecule has 0 spiro atoms. The molecule has 7 aromatic carbocycles. The largest absolute Gasteiger partial charge is 4.00 e. The van der Waals surface area contributed by atoms with Gasteiger partial charge in [-0.2, -0.15) is 27.4 Å². The van der Waals surface area contributed by atoms with Crippen molar-refractivity contribution in [3.63, 3.8) is 0 Å². The second-order valence-electron chi connectivity index (χ2n) is 15.2. The molecule has 56 heavy (non-hydrogen) atoms. The van der Waals surface area contributed by atoms with Gasteiger partial charge in [0, 0.05) is 0 Å². The minimum absolute atomic E-state index is 0. The monoisotopic (exact) mass is 844 g/mol. The van der Waals surface area contributed by atoms with Gasteiger partial charge in [-0.15, -0.1) is 0 Å². The minimum Gasteiger partial charge on any atom is -1.00 e. The second-order valence-corrected chi connectivity index (χ2v) is 19.0. The van der Waals surface area contributed by atoms with E-state index in [2.05, 4.69) is 194 Å². The number of hydrogen-bond donors (Lipinski definition) is 0. The first kappa shape index (κ1) is 46.9. The van der Waals surface area contributed by atoms with Crippen LogP contribution in [0.2, 0.25) is 0 Å². The van der Waals surface area contributed by atoms with Crippen molar-refractivity contribution in [1.29, 1.82) is 0 Å². The summed E-state index contributed by atoms with van der Waals surface area (Å²) in [5.41, 5.74) is 17.8. The Morgan fingerprint density at radius 3 is 0.946 bits per heavy atom. The first-order valence-corrected chi connectivity index (χ1v) is 20.8. The van der Waals surface area contributed by atoms with Crippen molar-refractivity contribution in [2.24, 2.45) is 0 Å². The zero-order valence-corrected chi connectivity index (χ0v) is 38.4. The maximum absolute atomic E-state index is 2.88. The fraction of sp³-hybridized carbons (Fsp3) is 0.196. The standard InChI is InChI=1S/C51H51Si.3ClH.Ti/c1-35-14-8-17-42(26-35)29-45-20-11-23-48(32-45)52(51-40(6)38(4)39(5)41(51)7,49-24-12-21-46(33-49)30-43-18-9-15-36(2)27-43)50-25-13-22-47(34-50)31-44-19-10-16-37(3)28-44;;;;/h8-28,32-34H,29-31H2,1-7H3;3*1H;/q-1;;;;+4/p-3. The van der Waals surface area contributed by atoms with Crippen molar-refractivity contribution in [2.45, 2.75) is 67.7 Å². The van der Waals surface area contributed by atoms with Crippen LogP contribution in [0.5, 0.6) is 0 Å². The number of hydrogen-bond acceptors (Lipinski definition) is 0. The normalized spacial score (nSPS) is 10.8. The molecule has 0 fully saturated rings. The summed E-state index contributed by atoms with van der Waals surface area (Å²) in [5, 5.41) is 5.91. The molecule has 0 unspecified atom stereocenters. The molecule has 0 saturated heterocycles. The maximum atomic E-state index is 2.56. The summed E-state index contributed by atoms with van der Waals surface area (Å²) in [6, 6.07) is 55.9. The number of halogens is 3. The van der Waals surface area contributed by atoms with Gasteiger partial charge < -0.3 is 37.2 Å². The van der Waals surface area contributed by atoms with Crippen molar-refractivity contribution in [3.8, 4) is 0 Å². The van der Waals surface area contributed by atoms with Gasteiger partial charge in [0.1, 0.15) is 0 Å². The fourth-order valence-electron chi connectivity index (χ4n) is 8.63. The molecule has 0 heterocycles. The summed E-state index contributed by atoms with van der Waals surface area (Å²) in [6.45, 7) is 16.0. The van der Waals surface area contributed by atoms with Crippen LogP contribution in [0.4, 0.5) is 0 Å². The van der Waals surface area contributed by atoms with Crippen LogP contribution in [0.1, 0.15) is 72.3 Å². The maximum Gasteiger partial charge on any atom is 4.00 e. The summed E-state index contributed by atoms with van der Waals surface area (Å²) < 4.78 is 0.